The van der Waals surface area contributed by atoms with Crippen LogP contribution < -0.4 is 9.38 Å². The third-order valence-electron chi connectivity index (χ3n) is 13.3. The Morgan fingerprint density at radius 3 is 1.27 bits per heavy atom. The van der Waals surface area contributed by atoms with Gasteiger partial charge in [-0.3, -0.25) is 0 Å². The van der Waals surface area contributed by atoms with Crippen LogP contribution in [0.15, 0.2) is 188 Å². The quantitative estimate of drug-likeness (QED) is 0.125. The van der Waals surface area contributed by atoms with Crippen molar-refractivity contribution in [3.8, 4) is 22.3 Å². The van der Waals surface area contributed by atoms with Crippen molar-refractivity contribution in [1.82, 2.24) is 4.48 Å². The SMILES string of the molecule is CC(C)(C)c1ccc2c(c1)C1(c3cc(C(C)(C)C)ccc3-2)c2cc(N(c3ccccc3)c3ccccc3)ccc2-c2ccc3c(c21)[N+]3(c1ccccc1)c1ccccc1. The van der Waals surface area contributed by atoms with E-state index in [1.54, 1.807) is 0 Å². The first-order valence-electron chi connectivity index (χ1n) is 21.1. The number of quaternary nitrogens is 1. The number of fused-ring (bicyclic) bond motifs is 12. The van der Waals surface area contributed by atoms with E-state index in [9.17, 15) is 0 Å². The molecule has 11 rings (SSSR count). The highest BCUT2D eigenvalue weighted by atomic mass is 15.5. The topological polar surface area (TPSA) is 3.24 Å². The number of hydrogen-bond acceptors (Lipinski definition) is 1. The van der Waals surface area contributed by atoms with Gasteiger partial charge in [0.2, 0.25) is 11.4 Å². The van der Waals surface area contributed by atoms with Gasteiger partial charge < -0.3 is 4.90 Å². The molecule has 0 saturated carbocycles. The monoisotopic (exact) mass is 761 g/mol. The molecule has 0 aromatic heterocycles. The molecule has 8 aromatic carbocycles. The molecule has 0 saturated heterocycles. The highest BCUT2D eigenvalue weighted by molar-refractivity contribution is 6.11. The Hall–Kier alpha value is -6.48. The molecule has 0 amide bonds. The Bertz CT molecular complexity index is 2790. The molecule has 2 aliphatic carbocycles. The maximum Gasteiger partial charge on any atom is 0.216 e. The number of benzene rings is 8. The first-order chi connectivity index (χ1) is 28.5. The molecule has 3 aliphatic rings. The van der Waals surface area contributed by atoms with Crippen LogP contribution in [0.3, 0.4) is 0 Å². The number of nitrogens with zero attached hydrogens (tertiary/aromatic N) is 2. The van der Waals surface area contributed by atoms with E-state index < -0.39 is 5.41 Å². The molecule has 0 fully saturated rings. The van der Waals surface area contributed by atoms with Crippen LogP contribution in [-0.4, -0.2) is 0 Å². The molecule has 1 spiro atoms. The van der Waals surface area contributed by atoms with Gasteiger partial charge in [-0.1, -0.05) is 157 Å². The molecular formula is C57H49N2+. The normalized spacial score (nSPS) is 14.9. The van der Waals surface area contributed by atoms with Crippen molar-refractivity contribution in [2.45, 2.75) is 57.8 Å². The standard InChI is InChI=1S/C57H49N2/c1-55(2,3)38-27-30-45-46-31-28-39(56(4,5)6)36-50(46)57(49(45)35-38)51-37-42(58(40-19-11-7-12-20-40)41-21-13-8-14-22-41)29-32-47(51)48-33-34-52-54(53(48)57)59(52,43-23-15-9-16-24-43)44-25-17-10-18-26-44/h7-37H,1-6H3/q+1. The summed E-state index contributed by atoms with van der Waals surface area (Å²) in [6, 6.07) is 70.9. The minimum atomic E-state index is -0.582. The molecule has 0 bridgehead atoms. The Kier molecular flexibility index (Phi) is 7.56. The van der Waals surface area contributed by atoms with Crippen LogP contribution in [0, 0.1) is 0 Å². The van der Waals surface area contributed by atoms with E-state index >= 15 is 0 Å². The third kappa shape index (κ3) is 4.96. The highest BCUT2D eigenvalue weighted by Gasteiger charge is 2.66. The van der Waals surface area contributed by atoms with E-state index in [4.69, 9.17) is 0 Å². The predicted molar refractivity (Wildman–Crippen MR) is 248 cm³/mol. The fourth-order valence-corrected chi connectivity index (χ4v) is 10.5. The van der Waals surface area contributed by atoms with Gasteiger partial charge in [0.15, 0.2) is 0 Å². The fourth-order valence-electron chi connectivity index (χ4n) is 10.5. The third-order valence-corrected chi connectivity index (χ3v) is 13.3. The van der Waals surface area contributed by atoms with Gasteiger partial charge in [0.25, 0.3) is 0 Å². The van der Waals surface area contributed by atoms with Gasteiger partial charge >= 0.3 is 0 Å². The zero-order valence-electron chi connectivity index (χ0n) is 34.8. The lowest BCUT2D eigenvalue weighted by molar-refractivity contribution is 0.586. The van der Waals surface area contributed by atoms with Crippen molar-refractivity contribution >= 4 is 39.8 Å². The van der Waals surface area contributed by atoms with Gasteiger partial charge in [0.1, 0.15) is 11.4 Å². The summed E-state index contributed by atoms with van der Waals surface area (Å²) in [5.41, 5.74) is 21.5. The van der Waals surface area contributed by atoms with E-state index in [1.165, 1.54) is 78.4 Å². The molecule has 2 heteroatoms. The molecular weight excluding hydrogens is 713 g/mol. The van der Waals surface area contributed by atoms with Crippen LogP contribution in [0.25, 0.3) is 22.3 Å². The largest absolute Gasteiger partial charge is 0.310 e. The van der Waals surface area contributed by atoms with Gasteiger partial charge in [-0.05, 0) is 103 Å². The first kappa shape index (κ1) is 35.7. The van der Waals surface area contributed by atoms with Crippen molar-refractivity contribution in [1.29, 1.82) is 0 Å². The van der Waals surface area contributed by atoms with Crippen molar-refractivity contribution in [3.05, 3.63) is 221 Å². The predicted octanol–water partition coefficient (Wildman–Crippen LogP) is 15.7. The number of hydrogen-bond donors (Lipinski definition) is 0. The average Bonchev–Trinajstić information content (AvgIpc) is 3.74. The fraction of sp³-hybridized carbons (Fsp3) is 0.158. The van der Waals surface area contributed by atoms with Gasteiger partial charge in [-0.25, -0.2) is 0 Å². The van der Waals surface area contributed by atoms with Gasteiger partial charge in [-0.2, -0.15) is 4.48 Å². The van der Waals surface area contributed by atoms with Crippen LogP contribution >= 0.6 is 0 Å². The maximum atomic E-state index is 2.57. The summed E-state index contributed by atoms with van der Waals surface area (Å²) in [4.78, 5) is 2.42. The second-order valence-electron chi connectivity index (χ2n) is 18.7. The second kappa shape index (κ2) is 12.5. The summed E-state index contributed by atoms with van der Waals surface area (Å²) >= 11 is 0. The first-order valence-corrected chi connectivity index (χ1v) is 21.1. The second-order valence-corrected chi connectivity index (χ2v) is 18.7. The Balaban J connectivity index is 1.30. The van der Waals surface area contributed by atoms with Crippen molar-refractivity contribution in [3.63, 3.8) is 0 Å². The van der Waals surface area contributed by atoms with Gasteiger partial charge in [0, 0.05) is 53.0 Å². The Morgan fingerprint density at radius 2 is 0.797 bits per heavy atom. The van der Waals surface area contributed by atoms with E-state index in [0.29, 0.717) is 4.48 Å². The smallest absolute Gasteiger partial charge is 0.216 e. The molecule has 286 valence electrons. The molecule has 59 heavy (non-hydrogen) atoms. The van der Waals surface area contributed by atoms with Gasteiger partial charge in [-0.15, -0.1) is 0 Å². The summed E-state index contributed by atoms with van der Waals surface area (Å²) in [7, 11) is 0. The van der Waals surface area contributed by atoms with Crippen molar-refractivity contribution in [2.75, 3.05) is 4.90 Å². The van der Waals surface area contributed by atoms with Crippen LogP contribution in [0.4, 0.5) is 39.8 Å². The summed E-state index contributed by atoms with van der Waals surface area (Å²) in [6.07, 6.45) is 0. The Labute approximate surface area is 349 Å². The van der Waals surface area contributed by atoms with Crippen molar-refractivity contribution < 1.29 is 0 Å². The van der Waals surface area contributed by atoms with E-state index in [2.05, 4.69) is 234 Å². The summed E-state index contributed by atoms with van der Waals surface area (Å²) in [6.45, 7) is 14.1. The average molecular weight is 762 g/mol. The van der Waals surface area contributed by atoms with E-state index in [0.717, 1.165) is 17.1 Å². The van der Waals surface area contributed by atoms with Crippen LogP contribution in [0.5, 0.6) is 0 Å². The molecule has 2 nitrogen and oxygen atoms in total. The minimum Gasteiger partial charge on any atom is -0.310 e. The summed E-state index contributed by atoms with van der Waals surface area (Å²) in [5, 5.41) is 0. The highest BCUT2D eigenvalue weighted by Crippen LogP contribution is 2.76. The van der Waals surface area contributed by atoms with E-state index in [1.807, 2.05) is 0 Å². The van der Waals surface area contributed by atoms with E-state index in [-0.39, 0.29) is 10.8 Å². The molecule has 1 aliphatic heterocycles. The number of anilines is 3. The summed E-state index contributed by atoms with van der Waals surface area (Å²) < 4.78 is 0.613. The zero-order chi connectivity index (χ0) is 40.3. The molecule has 0 unspecified atom stereocenters. The number of para-hydroxylation sites is 4. The minimum absolute atomic E-state index is 0.0378. The lowest BCUT2D eigenvalue weighted by Crippen LogP contribution is -2.29. The Morgan fingerprint density at radius 1 is 0.390 bits per heavy atom. The molecule has 0 N–H and O–H groups in total. The molecule has 1 heterocycles. The molecule has 0 atom stereocenters. The molecule has 0 radical (unpaired) electrons. The lowest BCUT2D eigenvalue weighted by atomic mass is 9.68. The zero-order valence-corrected chi connectivity index (χ0v) is 34.8. The lowest BCUT2D eigenvalue weighted by Gasteiger charge is -2.33. The summed E-state index contributed by atoms with van der Waals surface area (Å²) in [5.74, 6) is 0. The van der Waals surface area contributed by atoms with Crippen LogP contribution in [0.1, 0.15) is 74.9 Å². The molecule has 8 aromatic rings. The maximum absolute atomic E-state index is 2.57. The van der Waals surface area contributed by atoms with Crippen LogP contribution in [0.2, 0.25) is 0 Å². The van der Waals surface area contributed by atoms with Gasteiger partial charge in [0.05, 0.1) is 5.41 Å². The van der Waals surface area contributed by atoms with Crippen molar-refractivity contribution in [2.24, 2.45) is 0 Å². The number of rotatable bonds is 5. The van der Waals surface area contributed by atoms with Crippen LogP contribution in [-0.2, 0) is 16.2 Å².